The van der Waals surface area contributed by atoms with Crippen LogP contribution in [-0.4, -0.2) is 13.3 Å². The van der Waals surface area contributed by atoms with Crippen LogP contribution in [0.15, 0.2) is 23.2 Å². The molecule has 1 aromatic rings. The van der Waals surface area contributed by atoms with E-state index in [4.69, 9.17) is 11.6 Å². The maximum Gasteiger partial charge on any atom is 0.0496 e. The first kappa shape index (κ1) is 9.27. The predicted molar refractivity (Wildman–Crippen MR) is 54.3 cm³/mol. The largest absolute Gasteiger partial charge is 0.296 e. The van der Waals surface area contributed by atoms with Crippen LogP contribution in [0.5, 0.6) is 0 Å². The van der Waals surface area contributed by atoms with Gasteiger partial charge in [-0.2, -0.15) is 0 Å². The Morgan fingerprint density at radius 2 is 2.25 bits per heavy atom. The zero-order valence-corrected chi connectivity index (χ0v) is 8.10. The molecule has 0 saturated heterocycles. The molecule has 64 valence electrons. The van der Waals surface area contributed by atoms with Crippen LogP contribution in [-0.2, 0) is 6.42 Å². The maximum atomic E-state index is 6.00. The van der Waals surface area contributed by atoms with E-state index in [2.05, 4.69) is 18.0 Å². The minimum Gasteiger partial charge on any atom is -0.296 e. The van der Waals surface area contributed by atoms with Gasteiger partial charge in [-0.05, 0) is 18.1 Å². The summed E-state index contributed by atoms with van der Waals surface area (Å²) >= 11 is 6.00. The SMILES string of the molecule is CCc1cccc(Cl)c1C=NC. The Labute approximate surface area is 78.1 Å². The van der Waals surface area contributed by atoms with E-state index in [1.807, 2.05) is 12.1 Å². The van der Waals surface area contributed by atoms with Gasteiger partial charge in [0.2, 0.25) is 0 Å². The normalized spacial score (nSPS) is 10.9. The molecule has 0 N–H and O–H groups in total. The lowest BCUT2D eigenvalue weighted by Gasteiger charge is -2.03. The number of aryl methyl sites for hydroxylation is 1. The highest BCUT2D eigenvalue weighted by atomic mass is 35.5. The average molecular weight is 182 g/mol. The van der Waals surface area contributed by atoms with E-state index in [1.54, 1.807) is 13.3 Å². The van der Waals surface area contributed by atoms with Crippen LogP contribution >= 0.6 is 11.6 Å². The van der Waals surface area contributed by atoms with Gasteiger partial charge < -0.3 is 0 Å². The second-order valence-corrected chi connectivity index (χ2v) is 2.96. The van der Waals surface area contributed by atoms with Crippen molar-refractivity contribution < 1.29 is 0 Å². The van der Waals surface area contributed by atoms with E-state index in [9.17, 15) is 0 Å². The van der Waals surface area contributed by atoms with Crippen LogP contribution in [0.3, 0.4) is 0 Å². The fraction of sp³-hybridized carbons (Fsp3) is 0.300. The Morgan fingerprint density at radius 1 is 1.50 bits per heavy atom. The highest BCUT2D eigenvalue weighted by molar-refractivity contribution is 6.33. The molecule has 0 aliphatic carbocycles. The Balaban J connectivity index is 3.19. The molecule has 0 bridgehead atoms. The van der Waals surface area contributed by atoms with Crippen molar-refractivity contribution in [3.63, 3.8) is 0 Å². The summed E-state index contributed by atoms with van der Waals surface area (Å²) in [5, 5.41) is 0.778. The van der Waals surface area contributed by atoms with Gasteiger partial charge in [0.25, 0.3) is 0 Å². The molecule has 0 radical (unpaired) electrons. The zero-order chi connectivity index (χ0) is 8.97. The van der Waals surface area contributed by atoms with Gasteiger partial charge in [-0.15, -0.1) is 0 Å². The van der Waals surface area contributed by atoms with Crippen LogP contribution in [0.25, 0.3) is 0 Å². The quantitative estimate of drug-likeness (QED) is 0.623. The van der Waals surface area contributed by atoms with Gasteiger partial charge >= 0.3 is 0 Å². The molecule has 0 amide bonds. The topological polar surface area (TPSA) is 12.4 Å². The fourth-order valence-corrected chi connectivity index (χ4v) is 1.41. The summed E-state index contributed by atoms with van der Waals surface area (Å²) < 4.78 is 0. The summed E-state index contributed by atoms with van der Waals surface area (Å²) in [5.41, 5.74) is 2.29. The van der Waals surface area contributed by atoms with Gasteiger partial charge in [0.15, 0.2) is 0 Å². The summed E-state index contributed by atoms with van der Waals surface area (Å²) in [6, 6.07) is 5.93. The molecule has 1 nitrogen and oxygen atoms in total. The second kappa shape index (κ2) is 4.27. The first-order chi connectivity index (χ1) is 5.79. The van der Waals surface area contributed by atoms with Gasteiger partial charge in [-0.3, -0.25) is 4.99 Å². The number of aliphatic imine (C=N–C) groups is 1. The Morgan fingerprint density at radius 3 is 2.83 bits per heavy atom. The van der Waals surface area contributed by atoms with Crippen LogP contribution in [0.2, 0.25) is 5.02 Å². The average Bonchev–Trinajstić information content (AvgIpc) is 2.09. The lowest BCUT2D eigenvalue weighted by atomic mass is 10.1. The third-order valence-electron chi connectivity index (χ3n) is 1.78. The van der Waals surface area contributed by atoms with E-state index in [-0.39, 0.29) is 0 Å². The minimum absolute atomic E-state index is 0.778. The number of hydrogen-bond acceptors (Lipinski definition) is 1. The van der Waals surface area contributed by atoms with Crippen molar-refractivity contribution in [2.45, 2.75) is 13.3 Å². The molecule has 0 saturated carbocycles. The van der Waals surface area contributed by atoms with Crippen molar-refractivity contribution in [2.75, 3.05) is 7.05 Å². The molecule has 1 rings (SSSR count). The third-order valence-corrected chi connectivity index (χ3v) is 2.11. The van der Waals surface area contributed by atoms with Crippen LogP contribution < -0.4 is 0 Å². The number of rotatable bonds is 2. The summed E-state index contributed by atoms with van der Waals surface area (Å²) in [5.74, 6) is 0. The predicted octanol–water partition coefficient (Wildman–Crippen LogP) is 2.95. The zero-order valence-electron chi connectivity index (χ0n) is 7.34. The molecule has 2 heteroatoms. The van der Waals surface area contributed by atoms with E-state index >= 15 is 0 Å². The molecular formula is C10H12ClN. The lowest BCUT2D eigenvalue weighted by Crippen LogP contribution is -1.91. The standard InChI is InChI=1S/C10H12ClN/c1-3-8-5-4-6-10(11)9(8)7-12-2/h4-7H,3H2,1-2H3. The molecule has 0 atom stereocenters. The van der Waals surface area contributed by atoms with Crippen LogP contribution in [0.4, 0.5) is 0 Å². The molecule has 0 aliphatic rings. The molecule has 0 unspecified atom stereocenters. The monoisotopic (exact) mass is 181 g/mol. The highest BCUT2D eigenvalue weighted by Gasteiger charge is 2.01. The smallest absolute Gasteiger partial charge is 0.0496 e. The molecule has 0 aromatic heterocycles. The molecule has 0 fully saturated rings. The lowest BCUT2D eigenvalue weighted by molar-refractivity contribution is 1.13. The molecule has 0 spiro atoms. The van der Waals surface area contributed by atoms with Gasteiger partial charge in [-0.25, -0.2) is 0 Å². The van der Waals surface area contributed by atoms with E-state index in [0.29, 0.717) is 0 Å². The summed E-state index contributed by atoms with van der Waals surface area (Å²) in [7, 11) is 1.75. The van der Waals surface area contributed by atoms with Gasteiger partial charge in [0, 0.05) is 23.8 Å². The Kier molecular flexibility index (Phi) is 3.30. The summed E-state index contributed by atoms with van der Waals surface area (Å²) in [6.07, 6.45) is 2.79. The van der Waals surface area contributed by atoms with Gasteiger partial charge in [0.05, 0.1) is 0 Å². The minimum atomic E-state index is 0.778. The first-order valence-corrected chi connectivity index (χ1v) is 4.37. The van der Waals surface area contributed by atoms with Crippen molar-refractivity contribution in [2.24, 2.45) is 4.99 Å². The number of hydrogen-bond donors (Lipinski definition) is 0. The molecular weight excluding hydrogens is 170 g/mol. The van der Waals surface area contributed by atoms with Crippen LogP contribution in [0, 0.1) is 0 Å². The Bertz CT molecular complexity index is 292. The van der Waals surface area contributed by atoms with Crippen molar-refractivity contribution in [1.82, 2.24) is 0 Å². The summed E-state index contributed by atoms with van der Waals surface area (Å²) in [6.45, 7) is 2.11. The molecule has 0 aliphatic heterocycles. The fourth-order valence-electron chi connectivity index (χ4n) is 1.16. The third kappa shape index (κ3) is 1.86. The molecule has 1 aromatic carbocycles. The van der Waals surface area contributed by atoms with Crippen LogP contribution in [0.1, 0.15) is 18.1 Å². The summed E-state index contributed by atoms with van der Waals surface area (Å²) in [4.78, 5) is 3.97. The highest BCUT2D eigenvalue weighted by Crippen LogP contribution is 2.18. The molecule has 0 heterocycles. The number of benzene rings is 1. The van der Waals surface area contributed by atoms with Crippen molar-refractivity contribution >= 4 is 17.8 Å². The number of nitrogens with zero attached hydrogens (tertiary/aromatic N) is 1. The van der Waals surface area contributed by atoms with E-state index in [0.717, 1.165) is 17.0 Å². The van der Waals surface area contributed by atoms with Crippen molar-refractivity contribution in [3.8, 4) is 0 Å². The number of halogens is 1. The van der Waals surface area contributed by atoms with Crippen molar-refractivity contribution in [1.29, 1.82) is 0 Å². The Hall–Kier alpha value is -0.820. The molecule has 12 heavy (non-hydrogen) atoms. The first-order valence-electron chi connectivity index (χ1n) is 3.99. The maximum absolute atomic E-state index is 6.00. The van der Waals surface area contributed by atoms with Crippen molar-refractivity contribution in [3.05, 3.63) is 34.3 Å². The van der Waals surface area contributed by atoms with Gasteiger partial charge in [-0.1, -0.05) is 30.7 Å². The second-order valence-electron chi connectivity index (χ2n) is 2.55. The van der Waals surface area contributed by atoms with E-state index in [1.165, 1.54) is 5.56 Å². The van der Waals surface area contributed by atoms with Gasteiger partial charge in [0.1, 0.15) is 0 Å². The van der Waals surface area contributed by atoms with E-state index < -0.39 is 0 Å².